The van der Waals surface area contributed by atoms with Crippen LogP contribution in [0.2, 0.25) is 15.1 Å². The van der Waals surface area contributed by atoms with Crippen molar-refractivity contribution in [1.82, 2.24) is 4.90 Å². The van der Waals surface area contributed by atoms with Gasteiger partial charge in [-0.1, -0.05) is 53.0 Å². The van der Waals surface area contributed by atoms with Crippen LogP contribution in [0, 0.1) is 0 Å². The number of halogens is 3. The summed E-state index contributed by atoms with van der Waals surface area (Å²) in [6.45, 7) is 1.73. The zero-order valence-electron chi connectivity index (χ0n) is 13.6. The highest BCUT2D eigenvalue weighted by atomic mass is 35.5. The minimum atomic E-state index is -0.314. The Kier molecular flexibility index (Phi) is 7.12. The van der Waals surface area contributed by atoms with Gasteiger partial charge >= 0.3 is 0 Å². The summed E-state index contributed by atoms with van der Waals surface area (Å²) in [4.78, 5) is 25.5. The van der Waals surface area contributed by atoms with E-state index in [4.69, 9.17) is 34.8 Å². The van der Waals surface area contributed by atoms with Crippen LogP contribution in [0.3, 0.4) is 0 Å². The van der Waals surface area contributed by atoms with Gasteiger partial charge in [-0.15, -0.1) is 0 Å². The summed E-state index contributed by atoms with van der Waals surface area (Å²) >= 11 is 18.0. The lowest BCUT2D eigenvalue weighted by molar-refractivity contribution is -0.132. The Morgan fingerprint density at radius 3 is 2.40 bits per heavy atom. The van der Waals surface area contributed by atoms with E-state index in [0.717, 1.165) is 5.56 Å². The predicted molar refractivity (Wildman–Crippen MR) is 103 cm³/mol. The van der Waals surface area contributed by atoms with Gasteiger partial charge < -0.3 is 10.2 Å². The summed E-state index contributed by atoms with van der Waals surface area (Å²) in [7, 11) is 0. The quantitative estimate of drug-likeness (QED) is 0.767. The fourth-order valence-electron chi connectivity index (χ4n) is 2.25. The number of nitrogens with one attached hydrogen (secondary N) is 1. The third kappa shape index (κ3) is 5.92. The molecule has 0 aromatic heterocycles. The molecule has 2 aromatic rings. The van der Waals surface area contributed by atoms with E-state index in [9.17, 15) is 9.59 Å². The number of carbonyl (C=O) groups is 2. The zero-order valence-corrected chi connectivity index (χ0v) is 15.8. The van der Waals surface area contributed by atoms with Gasteiger partial charge in [0.2, 0.25) is 11.8 Å². The molecule has 0 atom stereocenters. The van der Waals surface area contributed by atoms with Crippen molar-refractivity contribution in [3.8, 4) is 0 Å². The summed E-state index contributed by atoms with van der Waals surface area (Å²) in [6.07, 6.45) is 0.523. The summed E-state index contributed by atoms with van der Waals surface area (Å²) in [5, 5.41) is 4.24. The Morgan fingerprint density at radius 1 is 1.04 bits per heavy atom. The number of benzene rings is 2. The molecule has 1 N–H and O–H groups in total. The van der Waals surface area contributed by atoms with Gasteiger partial charge in [0.05, 0.1) is 17.3 Å². The molecule has 2 aromatic carbocycles. The Labute approximate surface area is 161 Å². The molecule has 2 amide bonds. The van der Waals surface area contributed by atoms with Crippen LogP contribution in [0.4, 0.5) is 5.69 Å². The molecule has 25 heavy (non-hydrogen) atoms. The van der Waals surface area contributed by atoms with Crippen LogP contribution in [0.15, 0.2) is 42.5 Å². The molecule has 0 unspecified atom stereocenters. The third-order valence-corrected chi connectivity index (χ3v) is 4.51. The highest BCUT2D eigenvalue weighted by Gasteiger charge is 2.15. The lowest BCUT2D eigenvalue weighted by Gasteiger charge is -2.21. The zero-order chi connectivity index (χ0) is 18.4. The smallest absolute Gasteiger partial charge is 0.244 e. The van der Waals surface area contributed by atoms with E-state index >= 15 is 0 Å². The number of nitrogens with zero attached hydrogens (tertiary/aromatic N) is 1. The third-order valence-electron chi connectivity index (χ3n) is 3.59. The maximum atomic E-state index is 12.2. The minimum Gasteiger partial charge on any atom is -0.333 e. The molecule has 0 spiro atoms. The summed E-state index contributed by atoms with van der Waals surface area (Å²) in [6, 6.07) is 12.1. The largest absolute Gasteiger partial charge is 0.333 e. The van der Waals surface area contributed by atoms with Crippen molar-refractivity contribution in [1.29, 1.82) is 0 Å². The van der Waals surface area contributed by atoms with Gasteiger partial charge in [0, 0.05) is 23.5 Å². The molecule has 0 fully saturated rings. The number of hydrogen-bond donors (Lipinski definition) is 1. The van der Waals surface area contributed by atoms with Crippen LogP contribution in [0.1, 0.15) is 12.5 Å². The van der Waals surface area contributed by atoms with Gasteiger partial charge in [0.25, 0.3) is 0 Å². The van der Waals surface area contributed by atoms with E-state index in [1.807, 2.05) is 6.07 Å². The molecule has 0 radical (unpaired) electrons. The minimum absolute atomic E-state index is 0.0637. The van der Waals surface area contributed by atoms with Crippen LogP contribution in [0.25, 0.3) is 0 Å². The summed E-state index contributed by atoms with van der Waals surface area (Å²) < 4.78 is 0. The summed E-state index contributed by atoms with van der Waals surface area (Å²) in [5.74, 6) is -0.509. The molecule has 0 aliphatic rings. The fraction of sp³-hybridized carbons (Fsp3) is 0.222. The SMILES string of the molecule is CC(=O)N(CCc1ccc(Cl)cc1Cl)CC(=O)Nc1ccccc1Cl. The van der Waals surface area contributed by atoms with E-state index in [1.165, 1.54) is 11.8 Å². The van der Waals surface area contributed by atoms with Crippen LogP contribution < -0.4 is 5.32 Å². The average molecular weight is 400 g/mol. The Bertz CT molecular complexity index is 781. The molecule has 0 aliphatic carbocycles. The van der Waals surface area contributed by atoms with E-state index in [0.29, 0.717) is 33.7 Å². The van der Waals surface area contributed by atoms with Crippen molar-refractivity contribution < 1.29 is 9.59 Å². The molecular weight excluding hydrogens is 383 g/mol. The number of carbonyl (C=O) groups excluding carboxylic acids is 2. The average Bonchev–Trinajstić information content (AvgIpc) is 2.54. The molecule has 4 nitrogen and oxygen atoms in total. The van der Waals surface area contributed by atoms with Crippen molar-refractivity contribution in [2.24, 2.45) is 0 Å². The maximum Gasteiger partial charge on any atom is 0.244 e. The molecule has 0 aliphatic heterocycles. The van der Waals surface area contributed by atoms with E-state index in [1.54, 1.807) is 36.4 Å². The highest BCUT2D eigenvalue weighted by Crippen LogP contribution is 2.22. The van der Waals surface area contributed by atoms with Gasteiger partial charge in [-0.05, 0) is 36.2 Å². The first-order valence-electron chi connectivity index (χ1n) is 7.60. The second-order valence-electron chi connectivity index (χ2n) is 5.45. The van der Waals surface area contributed by atoms with Crippen LogP contribution in [0.5, 0.6) is 0 Å². The lowest BCUT2D eigenvalue weighted by atomic mass is 10.1. The van der Waals surface area contributed by atoms with Gasteiger partial charge in [-0.3, -0.25) is 9.59 Å². The van der Waals surface area contributed by atoms with Crippen molar-refractivity contribution in [2.45, 2.75) is 13.3 Å². The number of amides is 2. The molecule has 132 valence electrons. The van der Waals surface area contributed by atoms with Gasteiger partial charge in [0.1, 0.15) is 0 Å². The van der Waals surface area contributed by atoms with E-state index in [-0.39, 0.29) is 18.4 Å². The topological polar surface area (TPSA) is 49.4 Å². The summed E-state index contributed by atoms with van der Waals surface area (Å²) in [5.41, 5.74) is 1.38. The number of para-hydroxylation sites is 1. The van der Waals surface area contributed by atoms with Crippen LogP contribution in [-0.4, -0.2) is 29.8 Å². The Morgan fingerprint density at radius 2 is 1.76 bits per heavy atom. The predicted octanol–water partition coefficient (Wildman–Crippen LogP) is 4.68. The van der Waals surface area contributed by atoms with Crippen molar-refractivity contribution in [3.63, 3.8) is 0 Å². The number of anilines is 1. The molecule has 7 heteroatoms. The first kappa shape index (κ1) is 19.6. The second-order valence-corrected chi connectivity index (χ2v) is 6.71. The van der Waals surface area contributed by atoms with Gasteiger partial charge in [-0.2, -0.15) is 0 Å². The standard InChI is InChI=1S/C18H17Cl3N2O2/c1-12(24)23(9-8-13-6-7-14(19)10-16(13)21)11-18(25)22-17-5-3-2-4-15(17)20/h2-7,10H,8-9,11H2,1H3,(H,22,25). The van der Waals surface area contributed by atoms with Gasteiger partial charge in [-0.25, -0.2) is 0 Å². The lowest BCUT2D eigenvalue weighted by Crippen LogP contribution is -2.38. The molecule has 2 rings (SSSR count). The second kappa shape index (κ2) is 9.09. The molecule has 0 saturated carbocycles. The van der Waals surface area contributed by atoms with E-state index in [2.05, 4.69) is 5.32 Å². The highest BCUT2D eigenvalue weighted by molar-refractivity contribution is 6.35. The normalized spacial score (nSPS) is 10.4. The first-order chi connectivity index (χ1) is 11.9. The van der Waals surface area contributed by atoms with Crippen molar-refractivity contribution >= 4 is 52.3 Å². The molecule has 0 bridgehead atoms. The van der Waals surface area contributed by atoms with Crippen LogP contribution in [-0.2, 0) is 16.0 Å². The molecule has 0 heterocycles. The van der Waals surface area contributed by atoms with Gasteiger partial charge in [0.15, 0.2) is 0 Å². The number of rotatable bonds is 6. The fourth-order valence-corrected chi connectivity index (χ4v) is 2.94. The monoisotopic (exact) mass is 398 g/mol. The first-order valence-corrected chi connectivity index (χ1v) is 8.74. The Balaban J connectivity index is 1.97. The molecular formula is C18H17Cl3N2O2. The van der Waals surface area contributed by atoms with Crippen LogP contribution >= 0.6 is 34.8 Å². The Hall–Kier alpha value is -1.75. The molecule has 0 saturated heterocycles. The van der Waals surface area contributed by atoms with Crippen molar-refractivity contribution in [2.75, 3.05) is 18.4 Å². The number of hydrogen-bond acceptors (Lipinski definition) is 2. The maximum absolute atomic E-state index is 12.2. The van der Waals surface area contributed by atoms with E-state index < -0.39 is 0 Å². The van der Waals surface area contributed by atoms with Crippen molar-refractivity contribution in [3.05, 3.63) is 63.1 Å².